The van der Waals surface area contributed by atoms with Crippen LogP contribution in [-0.2, 0) is 17.2 Å². The molecule has 21 heavy (non-hydrogen) atoms. The SMILES string of the molecule is CCCCCCCC1OCc2c(CCl)cnc(C)c2O1.Cl. The molecule has 0 saturated heterocycles. The van der Waals surface area contributed by atoms with Gasteiger partial charge in [0.25, 0.3) is 0 Å². The number of rotatable bonds is 7. The molecule has 1 atom stereocenters. The largest absolute Gasteiger partial charge is 0.463 e. The number of aryl methyl sites for hydroxylation is 1. The molecule has 0 saturated carbocycles. The van der Waals surface area contributed by atoms with Crippen molar-refractivity contribution in [3.05, 3.63) is 23.0 Å². The van der Waals surface area contributed by atoms with E-state index in [1.54, 1.807) is 0 Å². The van der Waals surface area contributed by atoms with Gasteiger partial charge in [-0.1, -0.05) is 32.6 Å². The lowest BCUT2D eigenvalue weighted by Gasteiger charge is -2.28. The van der Waals surface area contributed by atoms with E-state index in [9.17, 15) is 0 Å². The van der Waals surface area contributed by atoms with Gasteiger partial charge < -0.3 is 9.47 Å². The Hall–Kier alpha value is -0.510. The first-order chi connectivity index (χ1) is 9.76. The molecule has 1 aliphatic rings. The van der Waals surface area contributed by atoms with Gasteiger partial charge in [-0.25, -0.2) is 0 Å². The van der Waals surface area contributed by atoms with Crippen molar-refractivity contribution in [2.75, 3.05) is 0 Å². The van der Waals surface area contributed by atoms with Gasteiger partial charge in [0, 0.05) is 24.1 Å². The van der Waals surface area contributed by atoms with Gasteiger partial charge in [0.1, 0.15) is 5.75 Å². The van der Waals surface area contributed by atoms with E-state index < -0.39 is 0 Å². The van der Waals surface area contributed by atoms with Crippen molar-refractivity contribution in [1.82, 2.24) is 4.98 Å². The third-order valence-electron chi connectivity index (χ3n) is 3.75. The van der Waals surface area contributed by atoms with E-state index in [1.165, 1.54) is 25.7 Å². The highest BCUT2D eigenvalue weighted by atomic mass is 35.5. The molecule has 1 unspecified atom stereocenters. The summed E-state index contributed by atoms with van der Waals surface area (Å²) >= 11 is 5.93. The zero-order valence-electron chi connectivity index (χ0n) is 12.9. The van der Waals surface area contributed by atoms with Crippen molar-refractivity contribution in [2.24, 2.45) is 0 Å². The smallest absolute Gasteiger partial charge is 0.200 e. The van der Waals surface area contributed by atoms with Crippen molar-refractivity contribution in [3.63, 3.8) is 0 Å². The molecule has 1 aromatic heterocycles. The monoisotopic (exact) mass is 333 g/mol. The lowest BCUT2D eigenvalue weighted by atomic mass is 10.1. The quantitative estimate of drug-likeness (QED) is 0.511. The summed E-state index contributed by atoms with van der Waals surface area (Å²) in [6.45, 7) is 4.79. The molecule has 3 nitrogen and oxygen atoms in total. The lowest BCUT2D eigenvalue weighted by molar-refractivity contribution is -0.113. The number of alkyl halides is 1. The van der Waals surface area contributed by atoms with Crippen molar-refractivity contribution in [1.29, 1.82) is 0 Å². The summed E-state index contributed by atoms with van der Waals surface area (Å²) in [5.74, 6) is 1.33. The highest BCUT2D eigenvalue weighted by molar-refractivity contribution is 6.17. The Morgan fingerprint density at radius 2 is 2.05 bits per heavy atom. The Morgan fingerprint density at radius 3 is 2.76 bits per heavy atom. The van der Waals surface area contributed by atoms with E-state index in [-0.39, 0.29) is 18.7 Å². The van der Waals surface area contributed by atoms with Gasteiger partial charge in [-0.3, -0.25) is 4.98 Å². The summed E-state index contributed by atoms with van der Waals surface area (Å²) in [5.41, 5.74) is 3.00. The summed E-state index contributed by atoms with van der Waals surface area (Å²) < 4.78 is 11.8. The molecular weight excluding hydrogens is 309 g/mol. The molecule has 5 heteroatoms. The maximum atomic E-state index is 5.97. The number of fused-ring (bicyclic) bond motifs is 1. The van der Waals surface area contributed by atoms with Crippen LogP contribution < -0.4 is 4.74 Å². The van der Waals surface area contributed by atoms with E-state index in [1.807, 2.05) is 13.1 Å². The summed E-state index contributed by atoms with van der Waals surface area (Å²) in [7, 11) is 0. The molecule has 2 rings (SSSR count). The summed E-state index contributed by atoms with van der Waals surface area (Å²) in [6.07, 6.45) is 8.94. The fourth-order valence-corrected chi connectivity index (χ4v) is 2.73. The molecule has 120 valence electrons. The number of aromatic nitrogens is 1. The van der Waals surface area contributed by atoms with Crippen molar-refractivity contribution in [2.45, 2.75) is 71.1 Å². The molecule has 0 aromatic carbocycles. The molecule has 1 aliphatic heterocycles. The van der Waals surface area contributed by atoms with E-state index in [0.29, 0.717) is 12.5 Å². The maximum absolute atomic E-state index is 5.97. The van der Waals surface area contributed by atoms with E-state index in [4.69, 9.17) is 21.1 Å². The average Bonchev–Trinajstić information content (AvgIpc) is 2.48. The minimum atomic E-state index is -0.129. The van der Waals surface area contributed by atoms with E-state index in [2.05, 4.69) is 11.9 Å². The van der Waals surface area contributed by atoms with Crippen LogP contribution in [0.2, 0.25) is 0 Å². The zero-order chi connectivity index (χ0) is 14.4. The number of ether oxygens (including phenoxy) is 2. The fourth-order valence-electron chi connectivity index (χ4n) is 2.50. The van der Waals surface area contributed by atoms with Crippen LogP contribution in [0.25, 0.3) is 0 Å². The van der Waals surface area contributed by atoms with Gasteiger partial charge in [0.2, 0.25) is 0 Å². The Labute approximate surface area is 138 Å². The molecule has 1 aromatic rings. The van der Waals surface area contributed by atoms with Crippen molar-refractivity contribution >= 4 is 24.0 Å². The van der Waals surface area contributed by atoms with Crippen LogP contribution in [0.5, 0.6) is 5.75 Å². The minimum absolute atomic E-state index is 0. The second-order valence-electron chi connectivity index (χ2n) is 5.37. The number of nitrogens with zero attached hydrogens (tertiary/aromatic N) is 1. The maximum Gasteiger partial charge on any atom is 0.200 e. The first-order valence-corrected chi connectivity index (χ1v) is 8.11. The second kappa shape index (κ2) is 9.50. The summed E-state index contributed by atoms with van der Waals surface area (Å²) in [5, 5.41) is 0. The zero-order valence-corrected chi connectivity index (χ0v) is 14.4. The highest BCUT2D eigenvalue weighted by Gasteiger charge is 2.24. The first-order valence-electron chi connectivity index (χ1n) is 7.57. The Bertz CT molecular complexity index is 441. The molecule has 0 radical (unpaired) electrons. The Kier molecular flexibility index (Phi) is 8.38. The predicted octanol–water partition coefficient (Wildman–Crippen LogP) is 5.15. The number of unbranched alkanes of at least 4 members (excludes halogenated alkanes) is 4. The van der Waals surface area contributed by atoms with Gasteiger partial charge in [0.05, 0.1) is 12.3 Å². The molecule has 0 spiro atoms. The predicted molar refractivity (Wildman–Crippen MR) is 88.4 cm³/mol. The molecule has 0 amide bonds. The van der Waals surface area contributed by atoms with Crippen LogP contribution in [0, 0.1) is 6.92 Å². The standard InChI is InChI=1S/C16H24ClNO2.ClH/c1-3-4-5-6-7-8-15-19-11-14-13(9-17)10-18-12(2)16(14)20-15;/h10,15H,3-9,11H2,1-2H3;1H. The highest BCUT2D eigenvalue weighted by Crippen LogP contribution is 2.33. The van der Waals surface area contributed by atoms with Crippen LogP contribution in [0.1, 0.15) is 62.3 Å². The van der Waals surface area contributed by atoms with Gasteiger partial charge in [-0.15, -0.1) is 24.0 Å². The molecule has 0 aliphatic carbocycles. The molecule has 0 N–H and O–H groups in total. The van der Waals surface area contributed by atoms with Crippen LogP contribution in [0.15, 0.2) is 6.20 Å². The number of halogens is 2. The van der Waals surface area contributed by atoms with Crippen LogP contribution in [0.3, 0.4) is 0 Å². The minimum Gasteiger partial charge on any atom is -0.463 e. The van der Waals surface area contributed by atoms with Gasteiger partial charge >= 0.3 is 0 Å². The molecular formula is C16H25Cl2NO2. The van der Waals surface area contributed by atoms with Crippen molar-refractivity contribution < 1.29 is 9.47 Å². The normalized spacial score (nSPS) is 16.8. The van der Waals surface area contributed by atoms with Crippen LogP contribution in [-0.4, -0.2) is 11.3 Å². The summed E-state index contributed by atoms with van der Waals surface area (Å²) in [4.78, 5) is 4.35. The fraction of sp³-hybridized carbons (Fsp3) is 0.688. The van der Waals surface area contributed by atoms with Crippen LogP contribution in [0.4, 0.5) is 0 Å². The second-order valence-corrected chi connectivity index (χ2v) is 5.64. The third kappa shape index (κ3) is 5.01. The number of hydrogen-bond acceptors (Lipinski definition) is 3. The van der Waals surface area contributed by atoms with Gasteiger partial charge in [-0.05, 0) is 18.9 Å². The van der Waals surface area contributed by atoms with Crippen LogP contribution >= 0.6 is 24.0 Å². The molecule has 0 bridgehead atoms. The average molecular weight is 334 g/mol. The summed E-state index contributed by atoms with van der Waals surface area (Å²) in [6, 6.07) is 0. The van der Waals surface area contributed by atoms with Gasteiger partial charge in [-0.2, -0.15) is 0 Å². The van der Waals surface area contributed by atoms with E-state index >= 15 is 0 Å². The molecule has 2 heterocycles. The number of pyridine rings is 1. The lowest BCUT2D eigenvalue weighted by Crippen LogP contribution is -2.27. The van der Waals surface area contributed by atoms with Crippen molar-refractivity contribution in [3.8, 4) is 5.75 Å². The van der Waals surface area contributed by atoms with E-state index in [0.717, 1.165) is 35.4 Å². The number of hydrogen-bond donors (Lipinski definition) is 0. The Balaban J connectivity index is 0.00000220. The van der Waals surface area contributed by atoms with Gasteiger partial charge in [0.15, 0.2) is 6.29 Å². The topological polar surface area (TPSA) is 31.4 Å². The first kappa shape index (κ1) is 18.5. The third-order valence-corrected chi connectivity index (χ3v) is 4.04. The molecule has 0 fully saturated rings. The Morgan fingerprint density at radius 1 is 1.29 bits per heavy atom.